The molecule has 0 bridgehead atoms. The first kappa shape index (κ1) is 14.3. The molecule has 2 heterocycles. The van der Waals surface area contributed by atoms with Crippen molar-refractivity contribution in [3.8, 4) is 5.69 Å². The molecular weight excluding hydrogens is 264 g/mol. The third-order valence-corrected chi connectivity index (χ3v) is 3.68. The molecule has 0 atom stereocenters. The highest BCUT2D eigenvalue weighted by molar-refractivity contribution is 5.30. The van der Waals surface area contributed by atoms with Crippen LogP contribution >= 0.6 is 0 Å². The summed E-state index contributed by atoms with van der Waals surface area (Å²) in [6.07, 6.45) is 2.01. The number of rotatable bonds is 6. The summed E-state index contributed by atoms with van der Waals surface area (Å²) in [4.78, 5) is 2.43. The minimum Gasteiger partial charge on any atom is -0.379 e. The second-order valence-corrected chi connectivity index (χ2v) is 5.22. The Morgan fingerprint density at radius 2 is 1.90 bits per heavy atom. The topological polar surface area (TPSA) is 42.3 Å². The van der Waals surface area contributed by atoms with Crippen LogP contribution in [0.25, 0.3) is 5.69 Å². The Balaban J connectivity index is 1.42. The molecule has 0 spiro atoms. The Kier molecular flexibility index (Phi) is 4.99. The number of hydrogen-bond donors (Lipinski definition) is 1. The molecule has 3 rings (SSSR count). The third kappa shape index (κ3) is 4.14. The van der Waals surface area contributed by atoms with Gasteiger partial charge in [-0.15, -0.1) is 0 Å². The fraction of sp³-hybridized carbons (Fsp3) is 0.438. The van der Waals surface area contributed by atoms with Gasteiger partial charge in [0.15, 0.2) is 0 Å². The molecule has 21 heavy (non-hydrogen) atoms. The number of benzene rings is 1. The molecule has 1 fully saturated rings. The second kappa shape index (κ2) is 7.36. The SMILES string of the molecule is c1ccc(-n2ccc(CNCCN3CCOCC3)n2)cc1. The van der Waals surface area contributed by atoms with Crippen molar-refractivity contribution >= 4 is 0 Å². The lowest BCUT2D eigenvalue weighted by Crippen LogP contribution is -2.40. The van der Waals surface area contributed by atoms with E-state index in [1.54, 1.807) is 0 Å². The summed E-state index contributed by atoms with van der Waals surface area (Å²) < 4.78 is 7.26. The Morgan fingerprint density at radius 1 is 1.10 bits per heavy atom. The number of para-hydroxylation sites is 1. The highest BCUT2D eigenvalue weighted by Crippen LogP contribution is 2.06. The normalized spacial score (nSPS) is 16.2. The van der Waals surface area contributed by atoms with Crippen LogP contribution in [-0.4, -0.2) is 54.1 Å². The number of hydrogen-bond acceptors (Lipinski definition) is 4. The summed E-state index contributed by atoms with van der Waals surface area (Å²) in [5.74, 6) is 0. The first-order valence-corrected chi connectivity index (χ1v) is 7.52. The van der Waals surface area contributed by atoms with Crippen LogP contribution in [-0.2, 0) is 11.3 Å². The van der Waals surface area contributed by atoms with Crippen LogP contribution in [0.4, 0.5) is 0 Å². The van der Waals surface area contributed by atoms with Gasteiger partial charge in [0, 0.05) is 38.9 Å². The standard InChI is InChI=1S/C16H22N4O/c1-2-4-16(5-3-1)20-8-6-15(18-20)14-17-7-9-19-10-12-21-13-11-19/h1-6,8,17H,7,9-14H2. The van der Waals surface area contributed by atoms with Gasteiger partial charge in [0.2, 0.25) is 0 Å². The zero-order valence-electron chi connectivity index (χ0n) is 12.2. The minimum atomic E-state index is 0.810. The van der Waals surface area contributed by atoms with Crippen LogP contribution in [0, 0.1) is 0 Å². The molecule has 1 aromatic carbocycles. The van der Waals surface area contributed by atoms with Crippen LogP contribution in [0.2, 0.25) is 0 Å². The maximum Gasteiger partial charge on any atom is 0.0766 e. The van der Waals surface area contributed by atoms with Crippen molar-refractivity contribution in [2.24, 2.45) is 0 Å². The van der Waals surface area contributed by atoms with Gasteiger partial charge in [0.25, 0.3) is 0 Å². The van der Waals surface area contributed by atoms with Crippen molar-refractivity contribution in [3.05, 3.63) is 48.3 Å². The Morgan fingerprint density at radius 3 is 2.71 bits per heavy atom. The van der Waals surface area contributed by atoms with Crippen molar-refractivity contribution in [2.45, 2.75) is 6.54 Å². The van der Waals surface area contributed by atoms with Crippen molar-refractivity contribution in [1.29, 1.82) is 0 Å². The van der Waals surface area contributed by atoms with Gasteiger partial charge in [-0.3, -0.25) is 4.90 Å². The molecule has 5 nitrogen and oxygen atoms in total. The molecule has 1 saturated heterocycles. The number of aromatic nitrogens is 2. The smallest absolute Gasteiger partial charge is 0.0766 e. The van der Waals surface area contributed by atoms with E-state index in [0.29, 0.717) is 0 Å². The number of nitrogens with zero attached hydrogens (tertiary/aromatic N) is 3. The van der Waals surface area contributed by atoms with Crippen molar-refractivity contribution < 1.29 is 4.74 Å². The molecule has 0 radical (unpaired) electrons. The number of nitrogens with one attached hydrogen (secondary N) is 1. The molecule has 1 aliphatic rings. The van der Waals surface area contributed by atoms with Crippen molar-refractivity contribution in [3.63, 3.8) is 0 Å². The molecule has 0 unspecified atom stereocenters. The van der Waals surface area contributed by atoms with Crippen LogP contribution < -0.4 is 5.32 Å². The van der Waals surface area contributed by atoms with E-state index < -0.39 is 0 Å². The molecule has 0 amide bonds. The zero-order chi connectivity index (χ0) is 14.3. The van der Waals surface area contributed by atoms with Crippen molar-refractivity contribution in [2.75, 3.05) is 39.4 Å². The summed E-state index contributed by atoms with van der Waals surface area (Å²) in [6.45, 7) is 6.68. The van der Waals surface area contributed by atoms with Crippen LogP contribution in [0.15, 0.2) is 42.6 Å². The maximum atomic E-state index is 5.35. The molecule has 112 valence electrons. The van der Waals surface area contributed by atoms with Gasteiger partial charge in [-0.05, 0) is 18.2 Å². The van der Waals surface area contributed by atoms with E-state index in [1.165, 1.54) is 0 Å². The molecule has 1 N–H and O–H groups in total. The Bertz CT molecular complexity index is 534. The molecule has 5 heteroatoms. The monoisotopic (exact) mass is 286 g/mol. The summed E-state index contributed by atoms with van der Waals surface area (Å²) >= 11 is 0. The largest absolute Gasteiger partial charge is 0.379 e. The van der Waals surface area contributed by atoms with Crippen molar-refractivity contribution in [1.82, 2.24) is 20.0 Å². The summed E-state index contributed by atoms with van der Waals surface area (Å²) in [5, 5.41) is 8.04. The highest BCUT2D eigenvalue weighted by atomic mass is 16.5. The van der Waals surface area contributed by atoms with E-state index in [9.17, 15) is 0 Å². The van der Waals surface area contributed by atoms with Gasteiger partial charge in [-0.25, -0.2) is 4.68 Å². The number of ether oxygens (including phenoxy) is 1. The van der Waals surface area contributed by atoms with E-state index in [2.05, 4.69) is 33.5 Å². The molecule has 2 aromatic rings. The first-order chi connectivity index (χ1) is 10.4. The second-order valence-electron chi connectivity index (χ2n) is 5.22. The predicted molar refractivity (Wildman–Crippen MR) is 82.5 cm³/mol. The molecule has 1 aliphatic heterocycles. The van der Waals surface area contributed by atoms with Crippen LogP contribution in [0.5, 0.6) is 0 Å². The van der Waals surface area contributed by atoms with E-state index in [1.807, 2.05) is 29.1 Å². The van der Waals surface area contributed by atoms with Gasteiger partial charge in [-0.1, -0.05) is 18.2 Å². The molecule has 0 saturated carbocycles. The fourth-order valence-corrected chi connectivity index (χ4v) is 2.46. The summed E-state index contributed by atoms with van der Waals surface area (Å²) in [7, 11) is 0. The van der Waals surface area contributed by atoms with Gasteiger partial charge in [0.05, 0.1) is 24.6 Å². The fourth-order valence-electron chi connectivity index (χ4n) is 2.46. The minimum absolute atomic E-state index is 0.810. The Hall–Kier alpha value is -1.69. The molecule has 0 aliphatic carbocycles. The third-order valence-electron chi connectivity index (χ3n) is 3.68. The van der Waals surface area contributed by atoms with E-state index in [4.69, 9.17) is 4.74 Å². The lowest BCUT2D eigenvalue weighted by molar-refractivity contribution is 0.0384. The first-order valence-electron chi connectivity index (χ1n) is 7.52. The average molecular weight is 286 g/mol. The van der Waals surface area contributed by atoms with Gasteiger partial charge < -0.3 is 10.1 Å². The van der Waals surface area contributed by atoms with Gasteiger partial charge >= 0.3 is 0 Å². The lowest BCUT2D eigenvalue weighted by atomic mass is 10.3. The number of morpholine rings is 1. The van der Waals surface area contributed by atoms with E-state index in [-0.39, 0.29) is 0 Å². The predicted octanol–water partition coefficient (Wildman–Crippen LogP) is 1.29. The summed E-state index contributed by atoms with van der Waals surface area (Å²) in [5.41, 5.74) is 2.16. The van der Waals surface area contributed by atoms with Gasteiger partial charge in [-0.2, -0.15) is 5.10 Å². The maximum absolute atomic E-state index is 5.35. The summed E-state index contributed by atoms with van der Waals surface area (Å²) in [6, 6.07) is 12.2. The van der Waals surface area contributed by atoms with Crippen LogP contribution in [0.3, 0.4) is 0 Å². The zero-order valence-corrected chi connectivity index (χ0v) is 12.2. The van der Waals surface area contributed by atoms with E-state index in [0.717, 1.165) is 57.3 Å². The van der Waals surface area contributed by atoms with Crippen LogP contribution in [0.1, 0.15) is 5.69 Å². The Labute approximate surface area is 125 Å². The van der Waals surface area contributed by atoms with E-state index >= 15 is 0 Å². The highest BCUT2D eigenvalue weighted by Gasteiger charge is 2.09. The lowest BCUT2D eigenvalue weighted by Gasteiger charge is -2.26. The average Bonchev–Trinajstić information content (AvgIpc) is 3.02. The molecular formula is C16H22N4O. The quantitative estimate of drug-likeness (QED) is 0.813. The molecule has 1 aromatic heterocycles. The van der Waals surface area contributed by atoms with Gasteiger partial charge in [0.1, 0.15) is 0 Å².